The van der Waals surface area contributed by atoms with Crippen LogP contribution in [0.25, 0.3) is 22.5 Å². The van der Waals surface area contributed by atoms with Crippen LogP contribution in [0.4, 0.5) is 10.5 Å². The number of nitrogens with zero attached hydrogens (tertiary/aromatic N) is 3. The number of rotatable bonds is 5. The molecule has 38 heavy (non-hydrogen) atoms. The molecule has 2 aromatic carbocycles. The summed E-state index contributed by atoms with van der Waals surface area (Å²) < 4.78 is 17.4. The van der Waals surface area contributed by atoms with Gasteiger partial charge in [0.1, 0.15) is 11.6 Å². The number of oxazole rings is 1. The van der Waals surface area contributed by atoms with E-state index in [1.165, 1.54) is 4.57 Å². The van der Waals surface area contributed by atoms with Crippen LogP contribution in [0, 0.1) is 0 Å². The van der Waals surface area contributed by atoms with Gasteiger partial charge >= 0.3 is 11.8 Å². The first-order chi connectivity index (χ1) is 18.1. The molecule has 0 bridgehead atoms. The standard InChI is InChI=1S/C26H25N5O7/c1-26(2,3)37-24(34)27-16-7-5-4-6-15(16)22-29-21(38-30-22)13-14-8-10-19-18(12-14)31(25(35)36-19)17-9-11-20(32)28-23(17)33/h4-8,10,12,17H,9,11,13H2,1-3H3,(H,27,34)(H,28,32,33). The van der Waals surface area contributed by atoms with Crippen LogP contribution in [0.2, 0.25) is 0 Å². The van der Waals surface area contributed by atoms with E-state index in [4.69, 9.17) is 13.7 Å². The molecule has 0 spiro atoms. The monoisotopic (exact) mass is 519 g/mol. The van der Waals surface area contributed by atoms with Gasteiger partial charge in [0.2, 0.25) is 23.5 Å². The van der Waals surface area contributed by atoms with Crippen LogP contribution in [0.1, 0.15) is 51.1 Å². The average molecular weight is 520 g/mol. The van der Waals surface area contributed by atoms with Crippen molar-refractivity contribution in [2.24, 2.45) is 0 Å². The second-order valence-corrected chi connectivity index (χ2v) is 9.87. The summed E-state index contributed by atoms with van der Waals surface area (Å²) in [7, 11) is 0. The molecule has 2 N–H and O–H groups in total. The topological polar surface area (TPSA) is 159 Å². The summed E-state index contributed by atoms with van der Waals surface area (Å²) in [6.45, 7) is 5.32. The molecule has 1 atom stereocenters. The van der Waals surface area contributed by atoms with Crippen LogP contribution < -0.4 is 16.4 Å². The summed E-state index contributed by atoms with van der Waals surface area (Å²) in [5, 5.41) is 9.04. The smallest absolute Gasteiger partial charge is 0.420 e. The molecule has 0 aliphatic carbocycles. The SMILES string of the molecule is CC(C)(C)OC(=O)Nc1ccccc1-c1noc(Cc2ccc3oc(=O)n(C4CCC(=O)NC4=O)c3c2)n1. The lowest BCUT2D eigenvalue weighted by Crippen LogP contribution is -2.43. The number of para-hydroxylation sites is 1. The Bertz CT molecular complexity index is 1610. The molecule has 1 unspecified atom stereocenters. The zero-order valence-corrected chi connectivity index (χ0v) is 20.9. The molecule has 12 heteroatoms. The molecule has 1 fully saturated rings. The highest BCUT2D eigenvalue weighted by atomic mass is 16.6. The van der Waals surface area contributed by atoms with Gasteiger partial charge in [-0.1, -0.05) is 23.4 Å². The minimum absolute atomic E-state index is 0.129. The highest BCUT2D eigenvalue weighted by Crippen LogP contribution is 2.28. The fraction of sp³-hybridized carbons (Fsp3) is 0.308. The van der Waals surface area contributed by atoms with E-state index < -0.39 is 29.4 Å². The third-order valence-corrected chi connectivity index (χ3v) is 5.83. The van der Waals surface area contributed by atoms with E-state index in [-0.39, 0.29) is 31.0 Å². The Morgan fingerprint density at radius 2 is 1.97 bits per heavy atom. The van der Waals surface area contributed by atoms with Gasteiger partial charge in [-0.2, -0.15) is 4.98 Å². The van der Waals surface area contributed by atoms with Crippen LogP contribution >= 0.6 is 0 Å². The van der Waals surface area contributed by atoms with Gasteiger partial charge in [-0.3, -0.25) is 24.8 Å². The van der Waals surface area contributed by atoms with Crippen molar-refractivity contribution >= 4 is 34.7 Å². The van der Waals surface area contributed by atoms with Gasteiger partial charge in [0, 0.05) is 12.0 Å². The second kappa shape index (κ2) is 9.61. The summed E-state index contributed by atoms with van der Waals surface area (Å²) in [4.78, 5) is 53.2. The van der Waals surface area contributed by atoms with Crippen molar-refractivity contribution in [3.05, 3.63) is 64.5 Å². The number of hydrogen-bond donors (Lipinski definition) is 2. The number of nitrogens with one attached hydrogen (secondary N) is 2. The Morgan fingerprint density at radius 3 is 2.74 bits per heavy atom. The first-order valence-electron chi connectivity index (χ1n) is 12.0. The summed E-state index contributed by atoms with van der Waals surface area (Å²) >= 11 is 0. The molecule has 1 aliphatic heterocycles. The van der Waals surface area contributed by atoms with E-state index in [1.807, 2.05) is 0 Å². The highest BCUT2D eigenvalue weighted by Gasteiger charge is 2.31. The minimum atomic E-state index is -0.847. The molecule has 2 aromatic heterocycles. The highest BCUT2D eigenvalue weighted by molar-refractivity contribution is 6.00. The Morgan fingerprint density at radius 1 is 1.18 bits per heavy atom. The quantitative estimate of drug-likeness (QED) is 0.376. The van der Waals surface area contributed by atoms with Gasteiger partial charge in [-0.25, -0.2) is 9.59 Å². The first kappa shape index (κ1) is 24.9. The van der Waals surface area contributed by atoms with E-state index >= 15 is 0 Å². The molecule has 1 saturated heterocycles. The van der Waals surface area contributed by atoms with Crippen LogP contribution in [0.5, 0.6) is 0 Å². The molecule has 1 aliphatic rings. The maximum absolute atomic E-state index is 12.5. The molecule has 0 radical (unpaired) electrons. The third-order valence-electron chi connectivity index (χ3n) is 5.83. The van der Waals surface area contributed by atoms with Crippen LogP contribution in [0.15, 0.2) is 56.2 Å². The summed E-state index contributed by atoms with van der Waals surface area (Å²) in [5.41, 5.74) is 1.82. The normalized spacial score (nSPS) is 15.9. The number of imide groups is 1. The maximum Gasteiger partial charge on any atom is 0.420 e. The number of hydrogen-bond acceptors (Lipinski definition) is 9. The van der Waals surface area contributed by atoms with Gasteiger partial charge in [0.05, 0.1) is 17.6 Å². The Labute approximate surface area is 216 Å². The zero-order chi connectivity index (χ0) is 27.0. The van der Waals surface area contributed by atoms with Gasteiger partial charge in [0.15, 0.2) is 5.58 Å². The number of piperidine rings is 1. The lowest BCUT2D eigenvalue weighted by atomic mass is 10.1. The van der Waals surface area contributed by atoms with Crippen molar-refractivity contribution in [1.82, 2.24) is 20.0 Å². The summed E-state index contributed by atoms with van der Waals surface area (Å²) in [5.74, 6) is -1.03. The number of anilines is 1. The van der Waals surface area contributed by atoms with Gasteiger partial charge < -0.3 is 13.7 Å². The lowest BCUT2D eigenvalue weighted by Gasteiger charge is -2.21. The van der Waals surface area contributed by atoms with E-state index in [0.29, 0.717) is 28.2 Å². The van der Waals surface area contributed by atoms with E-state index in [2.05, 4.69) is 20.8 Å². The summed E-state index contributed by atoms with van der Waals surface area (Å²) in [6, 6.07) is 11.3. The Kier molecular flexibility index (Phi) is 6.31. The molecule has 196 valence electrons. The van der Waals surface area contributed by atoms with E-state index in [9.17, 15) is 19.2 Å². The number of aromatic nitrogens is 3. The molecule has 3 heterocycles. The zero-order valence-electron chi connectivity index (χ0n) is 20.9. The summed E-state index contributed by atoms with van der Waals surface area (Å²) in [6.07, 6.45) is -0.0411. The minimum Gasteiger partial charge on any atom is -0.444 e. The Hall–Kier alpha value is -4.74. The number of ether oxygens (including phenoxy) is 1. The van der Waals surface area contributed by atoms with Gasteiger partial charge in [-0.15, -0.1) is 0 Å². The molecule has 3 amide bonds. The molecular formula is C26H25N5O7. The lowest BCUT2D eigenvalue weighted by molar-refractivity contribution is -0.135. The van der Waals surface area contributed by atoms with Crippen LogP contribution in [-0.2, 0) is 20.7 Å². The molecule has 0 saturated carbocycles. The number of carbonyl (C=O) groups excluding carboxylic acids is 3. The fourth-order valence-corrected chi connectivity index (χ4v) is 4.22. The number of carbonyl (C=O) groups is 3. The predicted molar refractivity (Wildman–Crippen MR) is 134 cm³/mol. The van der Waals surface area contributed by atoms with Gasteiger partial charge in [0.25, 0.3) is 0 Å². The predicted octanol–water partition coefficient (Wildman–Crippen LogP) is 3.56. The van der Waals surface area contributed by atoms with Crippen LogP contribution in [0.3, 0.4) is 0 Å². The Balaban J connectivity index is 1.39. The van der Waals surface area contributed by atoms with Crippen molar-refractivity contribution in [1.29, 1.82) is 0 Å². The van der Waals surface area contributed by atoms with Crippen molar-refractivity contribution in [2.45, 2.75) is 51.7 Å². The second-order valence-electron chi connectivity index (χ2n) is 9.87. The van der Waals surface area contributed by atoms with Crippen molar-refractivity contribution in [3.63, 3.8) is 0 Å². The van der Waals surface area contributed by atoms with Crippen molar-refractivity contribution in [2.75, 3.05) is 5.32 Å². The maximum atomic E-state index is 12.5. The van der Waals surface area contributed by atoms with Crippen LogP contribution in [-0.4, -0.2) is 38.2 Å². The molecule has 12 nitrogen and oxygen atoms in total. The first-order valence-corrected chi connectivity index (χ1v) is 12.0. The molecule has 4 aromatic rings. The molecular weight excluding hydrogens is 494 g/mol. The molecule has 5 rings (SSSR count). The van der Waals surface area contributed by atoms with E-state index in [1.54, 1.807) is 63.2 Å². The number of amides is 3. The largest absolute Gasteiger partial charge is 0.444 e. The fourth-order valence-electron chi connectivity index (χ4n) is 4.22. The number of benzene rings is 2. The third kappa shape index (κ3) is 5.19. The number of fused-ring (bicyclic) bond motifs is 1. The van der Waals surface area contributed by atoms with E-state index in [0.717, 1.165) is 5.56 Å². The van der Waals surface area contributed by atoms with Crippen molar-refractivity contribution < 1.29 is 28.1 Å². The van der Waals surface area contributed by atoms with Crippen molar-refractivity contribution in [3.8, 4) is 11.4 Å². The van der Waals surface area contributed by atoms with Gasteiger partial charge in [-0.05, 0) is 57.0 Å². The average Bonchev–Trinajstić information content (AvgIpc) is 3.42.